The SMILES string of the molecule is CC(C)CCCCCCCCC[C@@H]1CC(=O)N[C@@H](CCC(=O)O)C(=O)N[C@@H](CC(C)C)C(=O)N[C@H](CC(C)C)C(=O)N[C@@H](C(C)C)C(=O)C[C@@H](CC(=O)O)C(=O)C[C@H](CC(C)C)C(=O)N[C@@H](CC(C)C)C(=O)O1. The third kappa shape index (κ3) is 28.4. The van der Waals surface area contributed by atoms with Crippen molar-refractivity contribution in [3.63, 3.8) is 0 Å². The van der Waals surface area contributed by atoms with Crippen LogP contribution in [0.4, 0.5) is 0 Å². The molecule has 5 amide bonds. The molecule has 418 valence electrons. The van der Waals surface area contributed by atoms with Crippen LogP contribution in [0.3, 0.4) is 0 Å². The number of esters is 1. The first-order valence-electron chi connectivity index (χ1n) is 27.3. The van der Waals surface area contributed by atoms with Gasteiger partial charge in [0.2, 0.25) is 29.5 Å². The Morgan fingerprint density at radius 2 is 0.945 bits per heavy atom. The van der Waals surface area contributed by atoms with Gasteiger partial charge in [0, 0.05) is 31.1 Å². The first-order valence-corrected chi connectivity index (χ1v) is 27.3. The molecule has 0 unspecified atom stereocenters. The fourth-order valence-corrected chi connectivity index (χ4v) is 9.19. The molecule has 1 fully saturated rings. The maximum Gasteiger partial charge on any atom is 0.328 e. The van der Waals surface area contributed by atoms with Crippen LogP contribution in [0.15, 0.2) is 0 Å². The van der Waals surface area contributed by atoms with Crippen LogP contribution >= 0.6 is 0 Å². The van der Waals surface area contributed by atoms with Crippen LogP contribution in [0.25, 0.3) is 0 Å². The third-order valence-corrected chi connectivity index (χ3v) is 13.0. The van der Waals surface area contributed by atoms with Gasteiger partial charge in [0.1, 0.15) is 36.1 Å². The Bertz CT molecular complexity index is 1800. The second-order valence-electron chi connectivity index (χ2n) is 23.0. The van der Waals surface area contributed by atoms with Gasteiger partial charge in [-0.25, -0.2) is 4.79 Å². The number of carbonyl (C=O) groups is 10. The number of ether oxygens (including phenoxy) is 1. The Morgan fingerprint density at radius 1 is 0.479 bits per heavy atom. The Hall–Kier alpha value is -4.90. The lowest BCUT2D eigenvalue weighted by Crippen LogP contribution is -2.58. The van der Waals surface area contributed by atoms with Crippen LogP contribution in [0, 0.1) is 47.3 Å². The van der Waals surface area contributed by atoms with Crippen LogP contribution in [0.2, 0.25) is 0 Å². The number of aliphatic carboxylic acids is 2. The standard InChI is InChI=1S/C55H95N5O13/c1-32(2)20-18-16-14-13-15-17-19-21-40-31-47(63)56-41(22-23-48(64)65)52(69)57-42(25-34(5)6)53(70)58-43(26-35(7)8)54(71)60-50(37(11)12)46(62)28-38(30-49(66)67)45(61)29-39(24-33(3)4)51(68)59-44(27-36(9)10)55(72)73-40/h32-44,50H,13-31H2,1-12H3,(H,56,63)(H,57,69)(H,58,70)(H,59,68)(H,60,71)(H,64,65)(H,66,67)/t38-,39-,40+,41-,42-,43+,44-,50-/m0/s1. The fourth-order valence-electron chi connectivity index (χ4n) is 9.19. The number of ketones is 2. The summed E-state index contributed by atoms with van der Waals surface area (Å²) >= 11 is 0. The predicted molar refractivity (Wildman–Crippen MR) is 279 cm³/mol. The van der Waals surface area contributed by atoms with E-state index in [9.17, 15) is 58.2 Å². The number of unbranched alkanes of at least 4 members (excludes halogenated alkanes) is 6. The summed E-state index contributed by atoms with van der Waals surface area (Å²) in [4.78, 5) is 137. The lowest BCUT2D eigenvalue weighted by Gasteiger charge is -2.29. The first kappa shape index (κ1) is 66.1. The number of hydrogen-bond donors (Lipinski definition) is 7. The maximum absolute atomic E-state index is 14.3. The highest BCUT2D eigenvalue weighted by atomic mass is 16.5. The van der Waals surface area contributed by atoms with E-state index in [2.05, 4.69) is 40.4 Å². The molecule has 1 rings (SSSR count). The molecule has 18 nitrogen and oxygen atoms in total. The van der Waals surface area contributed by atoms with Crippen molar-refractivity contribution in [1.29, 1.82) is 0 Å². The molecule has 73 heavy (non-hydrogen) atoms. The van der Waals surface area contributed by atoms with Crippen molar-refractivity contribution < 1.29 is 62.9 Å². The zero-order chi connectivity index (χ0) is 55.5. The van der Waals surface area contributed by atoms with Gasteiger partial charge in [-0.15, -0.1) is 0 Å². The van der Waals surface area contributed by atoms with Crippen LogP contribution in [-0.2, 0) is 52.7 Å². The minimum atomic E-state index is -1.43. The molecular weight excluding hydrogens is 939 g/mol. The Morgan fingerprint density at radius 3 is 1.44 bits per heavy atom. The van der Waals surface area contributed by atoms with Gasteiger partial charge in [0.15, 0.2) is 5.78 Å². The van der Waals surface area contributed by atoms with Gasteiger partial charge in [0.25, 0.3) is 0 Å². The van der Waals surface area contributed by atoms with Crippen LogP contribution in [0.1, 0.15) is 205 Å². The third-order valence-electron chi connectivity index (χ3n) is 13.0. The number of amides is 5. The molecule has 0 aromatic rings. The van der Waals surface area contributed by atoms with E-state index < -0.39 is 145 Å². The van der Waals surface area contributed by atoms with E-state index in [0.29, 0.717) is 12.3 Å². The molecule has 0 bridgehead atoms. The molecule has 0 aliphatic carbocycles. The molecule has 1 aliphatic rings. The molecule has 1 heterocycles. The summed E-state index contributed by atoms with van der Waals surface area (Å²) < 4.78 is 6.07. The molecule has 0 radical (unpaired) electrons. The van der Waals surface area contributed by atoms with Crippen molar-refractivity contribution in [3.05, 3.63) is 0 Å². The number of nitrogens with one attached hydrogen (secondary N) is 5. The van der Waals surface area contributed by atoms with E-state index >= 15 is 0 Å². The molecule has 8 atom stereocenters. The van der Waals surface area contributed by atoms with E-state index in [1.165, 1.54) is 6.42 Å². The zero-order valence-electron chi connectivity index (χ0n) is 46.4. The quantitative estimate of drug-likeness (QED) is 0.0372. The largest absolute Gasteiger partial charge is 0.481 e. The number of hydrogen-bond acceptors (Lipinski definition) is 11. The van der Waals surface area contributed by atoms with Gasteiger partial charge in [-0.05, 0) is 80.5 Å². The molecule has 1 saturated heterocycles. The van der Waals surface area contributed by atoms with Crippen molar-refractivity contribution in [2.24, 2.45) is 47.3 Å². The second kappa shape index (κ2) is 34.6. The number of Topliss-reactive ketones (excluding diaryl/α,β-unsaturated/α-hetero) is 2. The van der Waals surface area contributed by atoms with Crippen molar-refractivity contribution >= 4 is 59.0 Å². The van der Waals surface area contributed by atoms with Crippen LogP contribution in [-0.4, -0.2) is 106 Å². The van der Waals surface area contributed by atoms with Gasteiger partial charge in [-0.2, -0.15) is 0 Å². The first-order chi connectivity index (χ1) is 34.1. The van der Waals surface area contributed by atoms with Crippen molar-refractivity contribution in [3.8, 4) is 0 Å². The molecule has 0 saturated carbocycles. The van der Waals surface area contributed by atoms with E-state index in [0.717, 1.165) is 38.5 Å². The summed E-state index contributed by atoms with van der Waals surface area (Å²) in [6.45, 7) is 22.4. The Balaban J connectivity index is 3.95. The topological polar surface area (TPSA) is 281 Å². The van der Waals surface area contributed by atoms with E-state index in [-0.39, 0.29) is 62.2 Å². The number of carbonyl (C=O) groups excluding carboxylic acids is 8. The summed E-state index contributed by atoms with van der Waals surface area (Å²) in [5.41, 5.74) is 0. The minimum Gasteiger partial charge on any atom is -0.481 e. The minimum absolute atomic E-state index is 0.0847. The maximum atomic E-state index is 14.3. The number of cyclic esters (lactones) is 1. The summed E-state index contributed by atoms with van der Waals surface area (Å²) in [5.74, 6) is -11.3. The highest BCUT2D eigenvalue weighted by molar-refractivity contribution is 5.98. The molecular formula is C55H95N5O13. The average Bonchev–Trinajstić information content (AvgIpc) is 3.26. The number of rotatable bonds is 24. The monoisotopic (exact) mass is 1030 g/mol. The average molecular weight is 1030 g/mol. The zero-order valence-corrected chi connectivity index (χ0v) is 46.4. The Labute approximate surface area is 436 Å². The molecule has 18 heteroatoms. The summed E-state index contributed by atoms with van der Waals surface area (Å²) in [5, 5.41) is 33.2. The van der Waals surface area contributed by atoms with E-state index in [1.54, 1.807) is 13.8 Å². The molecule has 7 N–H and O–H groups in total. The highest BCUT2D eigenvalue weighted by Gasteiger charge is 2.37. The van der Waals surface area contributed by atoms with Gasteiger partial charge in [-0.1, -0.05) is 128 Å². The normalized spacial score (nSPS) is 24.2. The summed E-state index contributed by atoms with van der Waals surface area (Å²) in [7, 11) is 0. The lowest BCUT2D eigenvalue weighted by atomic mass is 9.83. The predicted octanol–water partition coefficient (Wildman–Crippen LogP) is 7.22. The van der Waals surface area contributed by atoms with Crippen LogP contribution < -0.4 is 26.6 Å². The number of carboxylic acid groups (broad SMARTS) is 2. The second-order valence-corrected chi connectivity index (χ2v) is 23.0. The molecule has 0 spiro atoms. The van der Waals surface area contributed by atoms with Crippen LogP contribution in [0.5, 0.6) is 0 Å². The highest BCUT2D eigenvalue weighted by Crippen LogP contribution is 2.25. The van der Waals surface area contributed by atoms with Gasteiger partial charge in [-0.3, -0.25) is 43.2 Å². The van der Waals surface area contributed by atoms with Crippen molar-refractivity contribution in [1.82, 2.24) is 26.6 Å². The molecule has 1 aliphatic heterocycles. The Kier molecular flexibility index (Phi) is 31.3. The molecule has 0 aromatic heterocycles. The fraction of sp³-hybridized carbons (Fsp3) is 0.818. The lowest BCUT2D eigenvalue weighted by molar-refractivity contribution is -0.156. The molecule has 0 aromatic carbocycles. The van der Waals surface area contributed by atoms with E-state index in [1.807, 2.05) is 55.4 Å². The van der Waals surface area contributed by atoms with Gasteiger partial charge < -0.3 is 41.5 Å². The number of carboxylic acids is 2. The van der Waals surface area contributed by atoms with Crippen molar-refractivity contribution in [2.75, 3.05) is 0 Å². The van der Waals surface area contributed by atoms with Gasteiger partial charge in [0.05, 0.1) is 18.9 Å². The smallest absolute Gasteiger partial charge is 0.328 e. The van der Waals surface area contributed by atoms with E-state index in [4.69, 9.17) is 4.74 Å². The van der Waals surface area contributed by atoms with Gasteiger partial charge >= 0.3 is 17.9 Å². The van der Waals surface area contributed by atoms with Crippen molar-refractivity contribution in [2.45, 2.75) is 241 Å². The summed E-state index contributed by atoms with van der Waals surface area (Å²) in [6, 6.07) is -6.33. The summed E-state index contributed by atoms with van der Waals surface area (Å²) in [6.07, 6.45) is 4.58.